The van der Waals surface area contributed by atoms with E-state index in [-0.39, 0.29) is 21.1 Å². The molecule has 0 atom stereocenters. The van der Waals surface area contributed by atoms with Crippen molar-refractivity contribution in [2.75, 3.05) is 16.8 Å². The second-order valence-corrected chi connectivity index (χ2v) is 12.7. The topological polar surface area (TPSA) is 29.2 Å². The maximum absolute atomic E-state index is 5.02. The first-order chi connectivity index (χ1) is 24.1. The normalized spacial score (nSPS) is 12.7. The number of nitrogens with zero attached hydrogens (tertiary/aromatic N) is 5. The van der Waals surface area contributed by atoms with Crippen molar-refractivity contribution in [1.29, 1.82) is 0 Å². The fraction of sp³-hybridized carbons (Fsp3) is 0.0455. The largest absolute Gasteiger partial charge is 0.504 e. The van der Waals surface area contributed by atoms with Gasteiger partial charge in [0.1, 0.15) is 0 Å². The summed E-state index contributed by atoms with van der Waals surface area (Å²) in [6.45, 7) is 2.13. The number of aryl methyl sites for hydroxylation is 1. The summed E-state index contributed by atoms with van der Waals surface area (Å²) in [6, 6.07) is 57.1. The Morgan fingerprint density at radius 2 is 1.34 bits per heavy atom. The van der Waals surface area contributed by atoms with Gasteiger partial charge in [-0.1, -0.05) is 89.9 Å². The predicted molar refractivity (Wildman–Crippen MR) is 202 cm³/mol. The Kier molecular flexibility index (Phi) is 7.15. The fourth-order valence-corrected chi connectivity index (χ4v) is 7.52. The van der Waals surface area contributed by atoms with Crippen molar-refractivity contribution in [2.45, 2.75) is 0 Å². The van der Waals surface area contributed by atoms with Gasteiger partial charge in [0, 0.05) is 45.0 Å². The fourth-order valence-electron chi connectivity index (χ4n) is 7.52. The van der Waals surface area contributed by atoms with Crippen LogP contribution in [0.5, 0.6) is 0 Å². The number of benzene rings is 7. The first kappa shape index (κ1) is 30.4. The Labute approximate surface area is 304 Å². The standard InChI is InChI=1S/C44H30N5.Pt/c1-46-28-48(41-20-8-7-19-40(41)46)32-13-10-14-33(27-32)49-42-25-30(35-16-9-12-29-11-3-4-15-34(29)35)21-23-36(42)37-24-22-31(26-43(37)49)44-45-38-17-5-6-18-39(38)47(44)2;/h3-25,28H,1-2H3;/q-3;. The molecule has 7 aromatic carbocycles. The van der Waals surface area contributed by atoms with Crippen LogP contribution < -0.4 is 9.80 Å². The van der Waals surface area contributed by atoms with E-state index in [2.05, 4.69) is 185 Å². The second-order valence-electron chi connectivity index (χ2n) is 12.7. The van der Waals surface area contributed by atoms with Crippen LogP contribution in [0.4, 0.5) is 17.1 Å². The molecule has 0 saturated heterocycles. The van der Waals surface area contributed by atoms with Crippen molar-refractivity contribution < 1.29 is 21.1 Å². The zero-order valence-corrected chi connectivity index (χ0v) is 29.7. The molecule has 0 amide bonds. The summed E-state index contributed by atoms with van der Waals surface area (Å²) in [5.74, 6) is 0.889. The van der Waals surface area contributed by atoms with Gasteiger partial charge in [-0.3, -0.25) is 4.98 Å². The average molecular weight is 824 g/mol. The monoisotopic (exact) mass is 823 g/mol. The number of para-hydroxylation sites is 4. The third kappa shape index (κ3) is 4.61. The maximum Gasteiger partial charge on any atom is 0.0770 e. The second kappa shape index (κ2) is 11.8. The van der Waals surface area contributed by atoms with Gasteiger partial charge in [0.15, 0.2) is 0 Å². The van der Waals surface area contributed by atoms with Crippen LogP contribution in [-0.4, -0.2) is 21.2 Å². The zero-order chi connectivity index (χ0) is 32.6. The van der Waals surface area contributed by atoms with Crippen molar-refractivity contribution in [3.8, 4) is 28.2 Å². The first-order valence-corrected chi connectivity index (χ1v) is 16.5. The van der Waals surface area contributed by atoms with Gasteiger partial charge in [0.05, 0.1) is 16.9 Å². The Bertz CT molecular complexity index is 2750. The number of fused-ring (bicyclic) bond motifs is 6. The van der Waals surface area contributed by atoms with Crippen LogP contribution in [0, 0.1) is 18.8 Å². The number of rotatable bonds is 4. The predicted octanol–water partition coefficient (Wildman–Crippen LogP) is 10.5. The van der Waals surface area contributed by atoms with E-state index < -0.39 is 0 Å². The summed E-state index contributed by atoms with van der Waals surface area (Å²) in [6.07, 6.45) is 0. The van der Waals surface area contributed by atoms with Crippen LogP contribution in [0.3, 0.4) is 0 Å². The molecule has 5 nitrogen and oxygen atoms in total. The van der Waals surface area contributed by atoms with Gasteiger partial charge in [-0.25, -0.2) is 0 Å². The molecule has 0 spiro atoms. The molecule has 244 valence electrons. The molecule has 0 unspecified atom stereocenters. The molecule has 0 N–H and O–H groups in total. The van der Waals surface area contributed by atoms with Crippen LogP contribution >= 0.6 is 0 Å². The number of imidazole rings is 1. The van der Waals surface area contributed by atoms with Crippen molar-refractivity contribution in [2.24, 2.45) is 7.05 Å². The van der Waals surface area contributed by atoms with Crippen molar-refractivity contribution in [3.05, 3.63) is 158 Å². The van der Waals surface area contributed by atoms with E-state index in [1.165, 1.54) is 33.0 Å². The van der Waals surface area contributed by atoms with E-state index in [9.17, 15) is 0 Å². The summed E-state index contributed by atoms with van der Waals surface area (Å²) in [5.41, 5.74) is 11.7. The van der Waals surface area contributed by atoms with E-state index in [1.807, 2.05) is 6.07 Å². The third-order valence-corrected chi connectivity index (χ3v) is 9.88. The van der Waals surface area contributed by atoms with Gasteiger partial charge in [-0.15, -0.1) is 47.6 Å². The molecule has 6 heteroatoms. The van der Waals surface area contributed by atoms with Crippen LogP contribution in [0.2, 0.25) is 0 Å². The van der Waals surface area contributed by atoms with Crippen LogP contribution in [0.25, 0.3) is 71.8 Å². The SMILES string of the molecule is CN1[CH-]N(c2[c-]c(-n3c4[c-]c(-c5nc6ccccc6n5C)ccc4c4ccc(-c5cccc6ccccc56)cc43)ccc2)c2ccccc21.[Pt]. The quantitative estimate of drug-likeness (QED) is 0.166. The first-order valence-electron chi connectivity index (χ1n) is 16.5. The van der Waals surface area contributed by atoms with Crippen molar-refractivity contribution in [3.63, 3.8) is 0 Å². The van der Waals surface area contributed by atoms with Crippen LogP contribution in [-0.2, 0) is 28.1 Å². The smallest absolute Gasteiger partial charge is 0.0770 e. The molecule has 1 aliphatic rings. The number of anilines is 3. The van der Waals surface area contributed by atoms with Gasteiger partial charge >= 0.3 is 0 Å². The summed E-state index contributed by atoms with van der Waals surface area (Å²) in [5, 5.41) is 4.78. The molecule has 0 saturated carbocycles. The molecule has 0 fully saturated rings. The van der Waals surface area contributed by atoms with Crippen LogP contribution in [0.1, 0.15) is 0 Å². The summed E-state index contributed by atoms with van der Waals surface area (Å²) < 4.78 is 4.48. The average Bonchev–Trinajstić information content (AvgIpc) is 3.79. The minimum Gasteiger partial charge on any atom is -0.504 e. The number of aromatic nitrogens is 3. The molecule has 10 rings (SSSR count). The molecule has 0 radical (unpaired) electrons. The minimum atomic E-state index is 0. The van der Waals surface area contributed by atoms with Gasteiger partial charge in [0.25, 0.3) is 0 Å². The molecule has 1 aliphatic heterocycles. The Morgan fingerprint density at radius 1 is 0.600 bits per heavy atom. The van der Waals surface area contributed by atoms with E-state index in [0.29, 0.717) is 0 Å². The van der Waals surface area contributed by atoms with E-state index in [1.54, 1.807) is 0 Å². The minimum absolute atomic E-state index is 0. The Morgan fingerprint density at radius 3 is 2.24 bits per heavy atom. The molecule has 0 bridgehead atoms. The molecular formula is C44H30N5Pt-3. The third-order valence-electron chi connectivity index (χ3n) is 9.88. The zero-order valence-electron chi connectivity index (χ0n) is 27.4. The van der Waals surface area contributed by atoms with Crippen molar-refractivity contribution in [1.82, 2.24) is 14.1 Å². The molecule has 3 heterocycles. The summed E-state index contributed by atoms with van der Waals surface area (Å²) in [4.78, 5) is 9.39. The van der Waals surface area contributed by atoms with Gasteiger partial charge < -0.3 is 18.9 Å². The van der Waals surface area contributed by atoms with Gasteiger partial charge in [0.2, 0.25) is 0 Å². The Balaban J connectivity index is 0.00000336. The van der Waals surface area contributed by atoms with E-state index in [4.69, 9.17) is 4.98 Å². The molecule has 0 aliphatic carbocycles. The molecule has 50 heavy (non-hydrogen) atoms. The summed E-state index contributed by atoms with van der Waals surface area (Å²) >= 11 is 0. The van der Waals surface area contributed by atoms with Crippen LogP contribution in [0.15, 0.2) is 140 Å². The molecular weight excluding hydrogens is 794 g/mol. The summed E-state index contributed by atoms with van der Waals surface area (Å²) in [7, 11) is 4.16. The van der Waals surface area contributed by atoms with Gasteiger partial charge in [-0.2, -0.15) is 12.7 Å². The molecule has 9 aromatic rings. The number of hydrogen-bond acceptors (Lipinski definition) is 3. The maximum atomic E-state index is 5.02. The van der Waals surface area contributed by atoms with Crippen molar-refractivity contribution >= 4 is 60.7 Å². The number of hydrogen-bond donors (Lipinski definition) is 0. The Hall–Kier alpha value is -5.64. The molecule has 2 aromatic heterocycles. The van der Waals surface area contributed by atoms with Gasteiger partial charge in [-0.05, 0) is 70.2 Å². The van der Waals surface area contributed by atoms with E-state index >= 15 is 0 Å². The van der Waals surface area contributed by atoms with E-state index in [0.717, 1.165) is 55.9 Å².